The van der Waals surface area contributed by atoms with Gasteiger partial charge in [-0.15, -0.1) is 0 Å². The maximum absolute atomic E-state index is 6.03. The molecule has 16 heavy (non-hydrogen) atoms. The minimum absolute atomic E-state index is 0.138. The van der Waals surface area contributed by atoms with Crippen LogP contribution in [0.2, 0.25) is 0 Å². The van der Waals surface area contributed by atoms with Crippen molar-refractivity contribution in [3.05, 3.63) is 22.7 Å². The molecule has 4 nitrogen and oxygen atoms in total. The molecular formula is C11H21IN4. The van der Waals surface area contributed by atoms with Crippen molar-refractivity contribution in [1.29, 1.82) is 0 Å². The van der Waals surface area contributed by atoms with E-state index in [2.05, 4.69) is 22.6 Å². The van der Waals surface area contributed by atoms with Gasteiger partial charge in [0.2, 0.25) is 0 Å². The van der Waals surface area contributed by atoms with Gasteiger partial charge in [0.25, 0.3) is 0 Å². The van der Waals surface area contributed by atoms with E-state index in [0.717, 1.165) is 48.3 Å². The first-order valence-electron chi connectivity index (χ1n) is 5.48. The lowest BCUT2D eigenvalue weighted by molar-refractivity contribution is 0.850. The molecule has 1 aliphatic rings. The molecule has 1 saturated carbocycles. The van der Waals surface area contributed by atoms with Crippen LogP contribution in [-0.4, -0.2) is 9.97 Å². The van der Waals surface area contributed by atoms with Crippen LogP contribution in [0.25, 0.3) is 0 Å². The summed E-state index contributed by atoms with van der Waals surface area (Å²) in [5, 5.41) is 0. The molecule has 0 aliphatic heterocycles. The Labute approximate surface area is 111 Å². The average molecular weight is 336 g/mol. The average Bonchev–Trinajstić information content (AvgIpc) is 3.02. The summed E-state index contributed by atoms with van der Waals surface area (Å²) in [7, 11) is 0. The number of rotatable bonds is 5. The fourth-order valence-electron chi connectivity index (χ4n) is 1.46. The van der Waals surface area contributed by atoms with Gasteiger partial charge >= 0.3 is 0 Å². The molecule has 0 aromatic heterocycles. The van der Waals surface area contributed by atoms with Gasteiger partial charge in [0.15, 0.2) is 0 Å². The number of hydrogen-bond acceptors (Lipinski definition) is 4. The number of hydrogen-bond donors (Lipinski definition) is 4. The first-order chi connectivity index (χ1) is 7.40. The molecule has 0 saturated heterocycles. The van der Waals surface area contributed by atoms with Crippen LogP contribution >= 0.6 is 22.6 Å². The molecule has 1 fully saturated rings. The fourth-order valence-corrected chi connectivity index (χ4v) is 2.07. The van der Waals surface area contributed by atoms with Crippen LogP contribution in [0.3, 0.4) is 0 Å². The predicted molar refractivity (Wildman–Crippen MR) is 76.6 cm³/mol. The highest BCUT2D eigenvalue weighted by Gasteiger charge is 2.43. The smallest absolute Gasteiger partial charge is 0.0633 e. The Bertz CT molecular complexity index is 329. The Morgan fingerprint density at radius 2 is 1.69 bits per heavy atom. The second kappa shape index (κ2) is 5.27. The van der Waals surface area contributed by atoms with Gasteiger partial charge in [0.1, 0.15) is 0 Å². The van der Waals surface area contributed by atoms with Crippen molar-refractivity contribution < 1.29 is 0 Å². The Balaban J connectivity index is 2.56. The SMILES string of the molecule is C/C(CC/C(N)=C(/N)C1(I)CC1)=C(\N)CN. The molecule has 0 unspecified atom stereocenters. The zero-order chi connectivity index (χ0) is 12.3. The van der Waals surface area contributed by atoms with Crippen LogP contribution in [0, 0.1) is 0 Å². The molecule has 0 atom stereocenters. The van der Waals surface area contributed by atoms with Gasteiger partial charge < -0.3 is 22.9 Å². The minimum Gasteiger partial charge on any atom is -0.401 e. The number of allylic oxidation sites excluding steroid dienone is 3. The third kappa shape index (κ3) is 3.28. The number of halogens is 1. The van der Waals surface area contributed by atoms with E-state index in [1.807, 2.05) is 6.92 Å². The third-order valence-electron chi connectivity index (χ3n) is 3.06. The molecule has 8 N–H and O–H groups in total. The molecular weight excluding hydrogens is 315 g/mol. The summed E-state index contributed by atoms with van der Waals surface area (Å²) in [4.78, 5) is 0. The Hall–Kier alpha value is -0.430. The summed E-state index contributed by atoms with van der Waals surface area (Å²) in [6.07, 6.45) is 3.88. The zero-order valence-electron chi connectivity index (χ0n) is 9.72. The molecule has 92 valence electrons. The molecule has 1 aliphatic carbocycles. The topological polar surface area (TPSA) is 104 Å². The monoisotopic (exact) mass is 336 g/mol. The maximum atomic E-state index is 6.03. The lowest BCUT2D eigenvalue weighted by Crippen LogP contribution is -2.19. The van der Waals surface area contributed by atoms with E-state index < -0.39 is 0 Å². The van der Waals surface area contributed by atoms with Crippen molar-refractivity contribution in [1.82, 2.24) is 0 Å². The summed E-state index contributed by atoms with van der Waals surface area (Å²) in [6, 6.07) is 0. The predicted octanol–water partition coefficient (Wildman–Crippen LogP) is 1.05. The quantitative estimate of drug-likeness (QED) is 0.445. The summed E-state index contributed by atoms with van der Waals surface area (Å²) in [5.41, 5.74) is 26.7. The Morgan fingerprint density at radius 3 is 2.12 bits per heavy atom. The molecule has 0 radical (unpaired) electrons. The highest BCUT2D eigenvalue weighted by atomic mass is 127. The van der Waals surface area contributed by atoms with Crippen molar-refractivity contribution in [3.8, 4) is 0 Å². The summed E-state index contributed by atoms with van der Waals surface area (Å²) >= 11 is 2.39. The Kier molecular flexibility index (Phi) is 4.49. The molecule has 0 bridgehead atoms. The standard InChI is InChI=1S/C11H21IN4/c1-7(9(15)6-13)2-3-8(14)10(16)11(12)4-5-11/h2-6,13-16H2,1H3/b9-7+,10-8-. The molecule has 0 heterocycles. The summed E-state index contributed by atoms with van der Waals surface area (Å²) in [5.74, 6) is 0. The second-order valence-electron chi connectivity index (χ2n) is 4.41. The van der Waals surface area contributed by atoms with E-state index in [1.165, 1.54) is 0 Å². The third-order valence-corrected chi connectivity index (χ3v) is 4.71. The summed E-state index contributed by atoms with van der Waals surface area (Å²) < 4.78 is 0.138. The van der Waals surface area contributed by atoms with Crippen LogP contribution in [0.5, 0.6) is 0 Å². The van der Waals surface area contributed by atoms with Gasteiger partial charge in [-0.05, 0) is 32.6 Å². The van der Waals surface area contributed by atoms with Crippen LogP contribution < -0.4 is 22.9 Å². The number of alkyl halides is 1. The van der Waals surface area contributed by atoms with Crippen molar-refractivity contribution in [2.45, 2.75) is 36.0 Å². The van der Waals surface area contributed by atoms with Crippen LogP contribution in [0.15, 0.2) is 22.7 Å². The van der Waals surface area contributed by atoms with E-state index in [1.54, 1.807) is 0 Å². The molecule has 1 rings (SSSR count). The van der Waals surface area contributed by atoms with Gasteiger partial charge in [-0.2, -0.15) is 0 Å². The van der Waals surface area contributed by atoms with Gasteiger partial charge in [-0.1, -0.05) is 28.2 Å². The minimum atomic E-state index is 0.138. The molecule has 0 spiro atoms. The first-order valence-corrected chi connectivity index (χ1v) is 6.56. The Morgan fingerprint density at radius 1 is 1.12 bits per heavy atom. The molecule has 0 aromatic carbocycles. The van der Waals surface area contributed by atoms with E-state index in [4.69, 9.17) is 22.9 Å². The van der Waals surface area contributed by atoms with Crippen molar-refractivity contribution in [3.63, 3.8) is 0 Å². The van der Waals surface area contributed by atoms with Crippen molar-refractivity contribution in [2.24, 2.45) is 22.9 Å². The molecule has 0 amide bonds. The molecule has 0 aromatic rings. The van der Waals surface area contributed by atoms with Crippen molar-refractivity contribution >= 4 is 22.6 Å². The van der Waals surface area contributed by atoms with Gasteiger partial charge in [0, 0.05) is 23.6 Å². The summed E-state index contributed by atoms with van der Waals surface area (Å²) in [6.45, 7) is 2.39. The normalized spacial score (nSPS) is 21.2. The lowest BCUT2D eigenvalue weighted by atomic mass is 10.1. The van der Waals surface area contributed by atoms with Gasteiger partial charge in [-0.25, -0.2) is 0 Å². The second-order valence-corrected chi connectivity index (χ2v) is 6.48. The van der Waals surface area contributed by atoms with E-state index in [-0.39, 0.29) is 3.42 Å². The maximum Gasteiger partial charge on any atom is 0.0633 e. The number of nitrogens with two attached hydrogens (primary N) is 4. The van der Waals surface area contributed by atoms with Crippen LogP contribution in [0.1, 0.15) is 32.6 Å². The highest BCUT2D eigenvalue weighted by Crippen LogP contribution is 2.49. The van der Waals surface area contributed by atoms with Crippen LogP contribution in [0.4, 0.5) is 0 Å². The van der Waals surface area contributed by atoms with Crippen molar-refractivity contribution in [2.75, 3.05) is 6.54 Å². The zero-order valence-corrected chi connectivity index (χ0v) is 11.9. The lowest BCUT2D eigenvalue weighted by Gasteiger charge is -2.12. The van der Waals surface area contributed by atoms with Gasteiger partial charge in [0.05, 0.1) is 3.42 Å². The first kappa shape index (κ1) is 13.6. The van der Waals surface area contributed by atoms with Gasteiger partial charge in [-0.3, -0.25) is 0 Å². The van der Waals surface area contributed by atoms with E-state index in [9.17, 15) is 0 Å². The van der Waals surface area contributed by atoms with E-state index in [0.29, 0.717) is 6.54 Å². The highest BCUT2D eigenvalue weighted by molar-refractivity contribution is 14.1. The van der Waals surface area contributed by atoms with Crippen LogP contribution in [-0.2, 0) is 0 Å². The van der Waals surface area contributed by atoms with E-state index >= 15 is 0 Å². The largest absolute Gasteiger partial charge is 0.401 e. The molecule has 5 heteroatoms. The fraction of sp³-hybridized carbons (Fsp3) is 0.636.